The molecule has 0 atom stereocenters. The molecule has 0 aliphatic heterocycles. The van der Waals surface area contributed by atoms with Crippen LogP contribution in [0.15, 0.2) is 46.1 Å². The number of hydrogen-bond donors (Lipinski definition) is 1. The van der Waals surface area contributed by atoms with E-state index in [1.54, 1.807) is 6.07 Å². The van der Waals surface area contributed by atoms with Gasteiger partial charge in [-0.25, -0.2) is 13.1 Å². The molecule has 0 saturated heterocycles. The van der Waals surface area contributed by atoms with Crippen LogP contribution in [-0.4, -0.2) is 8.42 Å². The van der Waals surface area contributed by atoms with Gasteiger partial charge in [-0.3, -0.25) is 0 Å². The molecule has 0 aliphatic rings. The third-order valence-corrected chi connectivity index (χ3v) is 4.28. The van der Waals surface area contributed by atoms with E-state index in [9.17, 15) is 8.42 Å². The van der Waals surface area contributed by atoms with Gasteiger partial charge in [-0.1, -0.05) is 11.6 Å². The summed E-state index contributed by atoms with van der Waals surface area (Å²) in [5.41, 5.74) is 0.921. The van der Waals surface area contributed by atoms with Crippen molar-refractivity contribution in [1.82, 2.24) is 4.72 Å². The van der Waals surface area contributed by atoms with Gasteiger partial charge in [-0.15, -0.1) is 0 Å². The van der Waals surface area contributed by atoms with Gasteiger partial charge in [-0.05, 0) is 24.3 Å². The van der Waals surface area contributed by atoms with Gasteiger partial charge in [0, 0.05) is 12.1 Å². The average Bonchev–Trinajstić information content (AvgIpc) is 2.90. The van der Waals surface area contributed by atoms with Crippen molar-refractivity contribution in [2.24, 2.45) is 0 Å². The van der Waals surface area contributed by atoms with Crippen molar-refractivity contribution in [3.05, 3.63) is 52.9 Å². The molecule has 98 valence electrons. The predicted octanol–water partition coefficient (Wildman–Crippen LogP) is 2.28. The molecular weight excluding hydrogens is 288 g/mol. The first-order valence-corrected chi connectivity index (χ1v) is 7.09. The molecule has 1 aromatic carbocycles. The zero-order chi connectivity index (χ0) is 13.9. The third kappa shape index (κ3) is 3.15. The Bertz CT molecular complexity index is 718. The van der Waals surface area contributed by atoms with Crippen LogP contribution < -0.4 is 4.72 Å². The molecule has 7 heteroatoms. The van der Waals surface area contributed by atoms with Gasteiger partial charge in [0.05, 0.1) is 29.2 Å². The molecule has 2 aromatic rings. The van der Waals surface area contributed by atoms with Crippen LogP contribution in [0, 0.1) is 11.3 Å². The molecular formula is C12H9ClN2O3S. The van der Waals surface area contributed by atoms with E-state index >= 15 is 0 Å². The molecule has 1 aromatic heterocycles. The van der Waals surface area contributed by atoms with Crippen LogP contribution in [-0.2, 0) is 16.6 Å². The largest absolute Gasteiger partial charge is 0.472 e. The van der Waals surface area contributed by atoms with E-state index < -0.39 is 10.0 Å². The second-order valence-corrected chi connectivity index (χ2v) is 5.86. The Labute approximate surface area is 115 Å². The Hall–Kier alpha value is -1.81. The highest BCUT2D eigenvalue weighted by molar-refractivity contribution is 7.89. The smallest absolute Gasteiger partial charge is 0.242 e. The first-order valence-electron chi connectivity index (χ1n) is 5.23. The minimum absolute atomic E-state index is 0.0682. The van der Waals surface area contributed by atoms with E-state index in [2.05, 4.69) is 4.72 Å². The van der Waals surface area contributed by atoms with Crippen molar-refractivity contribution in [3.8, 4) is 6.07 Å². The molecule has 19 heavy (non-hydrogen) atoms. The summed E-state index contributed by atoms with van der Waals surface area (Å²) in [6.45, 7) is 0.0892. The lowest BCUT2D eigenvalue weighted by molar-refractivity contribution is 0.561. The topological polar surface area (TPSA) is 83.1 Å². The molecule has 0 fully saturated rings. The van der Waals surface area contributed by atoms with Gasteiger partial charge in [-0.2, -0.15) is 5.26 Å². The van der Waals surface area contributed by atoms with Gasteiger partial charge in [0.15, 0.2) is 0 Å². The molecule has 0 aliphatic carbocycles. The Balaban J connectivity index is 2.27. The Morgan fingerprint density at radius 3 is 2.79 bits per heavy atom. The van der Waals surface area contributed by atoms with Crippen molar-refractivity contribution < 1.29 is 12.8 Å². The van der Waals surface area contributed by atoms with Crippen molar-refractivity contribution in [2.45, 2.75) is 11.4 Å². The van der Waals surface area contributed by atoms with Crippen molar-refractivity contribution in [1.29, 1.82) is 5.26 Å². The van der Waals surface area contributed by atoms with Crippen LogP contribution in [0.5, 0.6) is 0 Å². The van der Waals surface area contributed by atoms with Crippen LogP contribution >= 0.6 is 11.6 Å². The summed E-state index contributed by atoms with van der Waals surface area (Å²) in [5, 5.41) is 8.85. The van der Waals surface area contributed by atoms with Gasteiger partial charge >= 0.3 is 0 Å². The zero-order valence-corrected chi connectivity index (χ0v) is 11.2. The lowest BCUT2D eigenvalue weighted by Gasteiger charge is -2.07. The van der Waals surface area contributed by atoms with E-state index in [0.29, 0.717) is 5.56 Å². The molecule has 1 heterocycles. The first-order chi connectivity index (χ1) is 9.03. The summed E-state index contributed by atoms with van der Waals surface area (Å²) >= 11 is 5.85. The summed E-state index contributed by atoms with van der Waals surface area (Å²) in [4.78, 5) is -0.114. The lowest BCUT2D eigenvalue weighted by atomic mass is 10.2. The molecule has 0 radical (unpaired) electrons. The highest BCUT2D eigenvalue weighted by Gasteiger charge is 2.18. The number of halogens is 1. The molecule has 2 rings (SSSR count). The van der Waals surface area contributed by atoms with Crippen LogP contribution in [0.2, 0.25) is 5.02 Å². The van der Waals surface area contributed by atoms with E-state index in [0.717, 1.165) is 0 Å². The fourth-order valence-corrected chi connectivity index (χ4v) is 2.97. The predicted molar refractivity (Wildman–Crippen MR) is 68.9 cm³/mol. The van der Waals surface area contributed by atoms with Gasteiger partial charge in [0.2, 0.25) is 10.0 Å². The highest BCUT2D eigenvalue weighted by atomic mass is 35.5. The van der Waals surface area contributed by atoms with Gasteiger partial charge < -0.3 is 4.42 Å². The highest BCUT2D eigenvalue weighted by Crippen LogP contribution is 2.22. The Morgan fingerprint density at radius 2 is 2.16 bits per heavy atom. The SMILES string of the molecule is N#Cc1ccc(Cl)c(S(=O)(=O)NCc2ccoc2)c1. The summed E-state index contributed by atoms with van der Waals surface area (Å²) in [6.07, 6.45) is 2.89. The van der Waals surface area contributed by atoms with E-state index in [1.807, 2.05) is 6.07 Å². The van der Waals surface area contributed by atoms with E-state index in [-0.39, 0.29) is 22.0 Å². The van der Waals surface area contributed by atoms with Crippen molar-refractivity contribution >= 4 is 21.6 Å². The number of nitrogens with one attached hydrogen (secondary N) is 1. The number of hydrogen-bond acceptors (Lipinski definition) is 4. The maximum Gasteiger partial charge on any atom is 0.242 e. The minimum atomic E-state index is -3.77. The van der Waals surface area contributed by atoms with Crippen LogP contribution in [0.3, 0.4) is 0 Å². The first kappa shape index (κ1) is 13.6. The molecule has 1 N–H and O–H groups in total. The summed E-state index contributed by atoms with van der Waals surface area (Å²) < 4.78 is 31.4. The third-order valence-electron chi connectivity index (χ3n) is 2.40. The van der Waals surface area contributed by atoms with Crippen LogP contribution in [0.1, 0.15) is 11.1 Å². The molecule has 0 saturated carbocycles. The number of rotatable bonds is 4. The maximum atomic E-state index is 12.1. The summed E-state index contributed by atoms with van der Waals surface area (Å²) in [7, 11) is -3.77. The summed E-state index contributed by atoms with van der Waals surface area (Å²) in [6, 6.07) is 7.59. The molecule has 0 amide bonds. The second-order valence-electron chi connectivity index (χ2n) is 3.71. The molecule has 5 nitrogen and oxygen atoms in total. The number of nitrogens with zero attached hydrogens (tertiary/aromatic N) is 1. The monoisotopic (exact) mass is 296 g/mol. The fraction of sp³-hybridized carbons (Fsp3) is 0.0833. The molecule has 0 unspecified atom stereocenters. The van der Waals surface area contributed by atoms with E-state index in [4.69, 9.17) is 21.3 Å². The van der Waals surface area contributed by atoms with E-state index in [1.165, 1.54) is 30.7 Å². The van der Waals surface area contributed by atoms with Crippen LogP contribution in [0.25, 0.3) is 0 Å². The normalized spacial score (nSPS) is 11.2. The van der Waals surface area contributed by atoms with Crippen molar-refractivity contribution in [2.75, 3.05) is 0 Å². The number of nitriles is 1. The summed E-state index contributed by atoms with van der Waals surface area (Å²) in [5.74, 6) is 0. The number of sulfonamides is 1. The fourth-order valence-electron chi connectivity index (χ4n) is 1.43. The Morgan fingerprint density at radius 1 is 1.37 bits per heavy atom. The average molecular weight is 297 g/mol. The minimum Gasteiger partial charge on any atom is -0.472 e. The maximum absolute atomic E-state index is 12.1. The molecule has 0 bridgehead atoms. The van der Waals surface area contributed by atoms with Crippen LogP contribution in [0.4, 0.5) is 0 Å². The zero-order valence-electron chi connectivity index (χ0n) is 9.63. The molecule has 0 spiro atoms. The second kappa shape index (κ2) is 5.45. The Kier molecular flexibility index (Phi) is 3.90. The van der Waals surface area contributed by atoms with Gasteiger partial charge in [0.25, 0.3) is 0 Å². The number of benzene rings is 1. The standard InChI is InChI=1S/C12H9ClN2O3S/c13-11-2-1-9(6-14)5-12(11)19(16,17)15-7-10-3-4-18-8-10/h1-5,8,15H,7H2. The number of furan rings is 1. The van der Waals surface area contributed by atoms with Gasteiger partial charge in [0.1, 0.15) is 4.90 Å². The van der Waals surface area contributed by atoms with Crippen molar-refractivity contribution in [3.63, 3.8) is 0 Å². The quantitative estimate of drug-likeness (QED) is 0.938. The lowest BCUT2D eigenvalue weighted by Crippen LogP contribution is -2.23.